The Bertz CT molecular complexity index is 513. The van der Waals surface area contributed by atoms with E-state index in [1.54, 1.807) is 0 Å². The van der Waals surface area contributed by atoms with Crippen molar-refractivity contribution in [2.45, 2.75) is 12.8 Å². The molecule has 0 spiro atoms. The summed E-state index contributed by atoms with van der Waals surface area (Å²) in [5.41, 5.74) is 3.26. The SMILES string of the molecule is O=C(CNCCCN1CCOCC1)c1ccc2c(c1)CCN2. The fourth-order valence-electron chi connectivity index (χ4n) is 3.03. The van der Waals surface area contributed by atoms with Gasteiger partial charge in [-0.3, -0.25) is 9.69 Å². The Morgan fingerprint density at radius 3 is 3.05 bits per heavy atom. The van der Waals surface area contributed by atoms with E-state index in [1.807, 2.05) is 18.2 Å². The number of carbonyl (C=O) groups is 1. The van der Waals surface area contributed by atoms with Gasteiger partial charge in [0.1, 0.15) is 0 Å². The number of ether oxygens (including phenoxy) is 1. The number of hydrogen-bond acceptors (Lipinski definition) is 5. The zero-order valence-electron chi connectivity index (χ0n) is 13.1. The first-order valence-corrected chi connectivity index (χ1v) is 8.24. The van der Waals surface area contributed by atoms with E-state index in [0.717, 1.165) is 64.3 Å². The lowest BCUT2D eigenvalue weighted by Gasteiger charge is -2.26. The summed E-state index contributed by atoms with van der Waals surface area (Å²) in [6, 6.07) is 5.98. The van der Waals surface area contributed by atoms with Gasteiger partial charge in [-0.1, -0.05) is 0 Å². The molecule has 5 nitrogen and oxygen atoms in total. The molecule has 2 aliphatic heterocycles. The second-order valence-electron chi connectivity index (χ2n) is 5.96. The van der Waals surface area contributed by atoms with Gasteiger partial charge in [0.25, 0.3) is 0 Å². The quantitative estimate of drug-likeness (QED) is 0.584. The summed E-state index contributed by atoms with van der Waals surface area (Å²) in [6.45, 7) is 7.12. The molecule has 120 valence electrons. The van der Waals surface area contributed by atoms with Gasteiger partial charge < -0.3 is 15.4 Å². The molecule has 0 amide bonds. The van der Waals surface area contributed by atoms with Crippen LogP contribution in [0.25, 0.3) is 0 Å². The molecule has 0 aliphatic carbocycles. The van der Waals surface area contributed by atoms with Gasteiger partial charge in [-0.05, 0) is 49.7 Å². The van der Waals surface area contributed by atoms with Crippen LogP contribution in [0.5, 0.6) is 0 Å². The smallest absolute Gasteiger partial charge is 0.176 e. The Morgan fingerprint density at radius 1 is 1.32 bits per heavy atom. The van der Waals surface area contributed by atoms with E-state index in [0.29, 0.717) is 6.54 Å². The Kier molecular flexibility index (Phi) is 5.43. The third kappa shape index (κ3) is 4.06. The van der Waals surface area contributed by atoms with Gasteiger partial charge in [0.15, 0.2) is 5.78 Å². The molecule has 0 saturated carbocycles. The third-order valence-corrected chi connectivity index (χ3v) is 4.35. The molecule has 0 radical (unpaired) electrons. The highest BCUT2D eigenvalue weighted by Crippen LogP contribution is 2.23. The first kappa shape index (κ1) is 15.5. The van der Waals surface area contributed by atoms with E-state index < -0.39 is 0 Å². The van der Waals surface area contributed by atoms with Crippen molar-refractivity contribution in [3.05, 3.63) is 29.3 Å². The van der Waals surface area contributed by atoms with Crippen molar-refractivity contribution in [1.82, 2.24) is 10.2 Å². The molecule has 1 aromatic carbocycles. The second kappa shape index (κ2) is 7.72. The highest BCUT2D eigenvalue weighted by atomic mass is 16.5. The van der Waals surface area contributed by atoms with Gasteiger partial charge >= 0.3 is 0 Å². The monoisotopic (exact) mass is 303 g/mol. The zero-order valence-corrected chi connectivity index (χ0v) is 13.1. The number of Topliss-reactive ketones (excluding diaryl/α,β-unsaturated/α-hetero) is 1. The van der Waals surface area contributed by atoms with Crippen LogP contribution in [0.4, 0.5) is 5.69 Å². The predicted molar refractivity (Wildman–Crippen MR) is 87.7 cm³/mol. The van der Waals surface area contributed by atoms with E-state index in [2.05, 4.69) is 15.5 Å². The molecule has 1 fully saturated rings. The van der Waals surface area contributed by atoms with Crippen molar-refractivity contribution in [3.63, 3.8) is 0 Å². The van der Waals surface area contributed by atoms with Crippen LogP contribution >= 0.6 is 0 Å². The van der Waals surface area contributed by atoms with E-state index in [9.17, 15) is 4.79 Å². The van der Waals surface area contributed by atoms with Crippen LogP contribution in [-0.4, -0.2) is 63.2 Å². The number of rotatable bonds is 7. The third-order valence-electron chi connectivity index (χ3n) is 4.35. The van der Waals surface area contributed by atoms with Crippen molar-refractivity contribution in [3.8, 4) is 0 Å². The topological polar surface area (TPSA) is 53.6 Å². The average Bonchev–Trinajstić information content (AvgIpc) is 3.03. The first-order chi connectivity index (χ1) is 10.8. The van der Waals surface area contributed by atoms with Crippen molar-refractivity contribution in [2.24, 2.45) is 0 Å². The fraction of sp³-hybridized carbons (Fsp3) is 0.588. The van der Waals surface area contributed by atoms with E-state index in [1.165, 1.54) is 11.3 Å². The van der Waals surface area contributed by atoms with E-state index in [-0.39, 0.29) is 5.78 Å². The number of ketones is 1. The molecule has 3 rings (SSSR count). The van der Waals surface area contributed by atoms with E-state index >= 15 is 0 Å². The molecule has 2 aliphatic rings. The lowest BCUT2D eigenvalue weighted by atomic mass is 10.1. The lowest BCUT2D eigenvalue weighted by molar-refractivity contribution is 0.0375. The normalized spacial score (nSPS) is 18.0. The van der Waals surface area contributed by atoms with Crippen LogP contribution in [0.15, 0.2) is 18.2 Å². The maximum Gasteiger partial charge on any atom is 0.176 e. The Labute approximate surface area is 132 Å². The summed E-state index contributed by atoms with van der Waals surface area (Å²) in [7, 11) is 0. The molecule has 1 saturated heterocycles. The summed E-state index contributed by atoms with van der Waals surface area (Å²) < 4.78 is 5.33. The van der Waals surface area contributed by atoms with Gasteiger partial charge in [0, 0.05) is 30.9 Å². The molecule has 22 heavy (non-hydrogen) atoms. The molecule has 5 heteroatoms. The van der Waals surface area contributed by atoms with Crippen LogP contribution in [0.1, 0.15) is 22.3 Å². The summed E-state index contributed by atoms with van der Waals surface area (Å²) in [5.74, 6) is 0.182. The number of hydrogen-bond donors (Lipinski definition) is 2. The largest absolute Gasteiger partial charge is 0.384 e. The van der Waals surface area contributed by atoms with Crippen LogP contribution < -0.4 is 10.6 Å². The van der Waals surface area contributed by atoms with Gasteiger partial charge in [0.2, 0.25) is 0 Å². The molecule has 0 unspecified atom stereocenters. The molecule has 1 aromatic rings. The number of nitrogens with one attached hydrogen (secondary N) is 2. The van der Waals surface area contributed by atoms with Crippen LogP contribution in [0.2, 0.25) is 0 Å². The number of nitrogens with zero attached hydrogens (tertiary/aromatic N) is 1. The predicted octanol–water partition coefficient (Wildman–Crippen LogP) is 1.15. The maximum absolute atomic E-state index is 12.2. The second-order valence-corrected chi connectivity index (χ2v) is 5.96. The molecule has 2 N–H and O–H groups in total. The van der Waals surface area contributed by atoms with Crippen molar-refractivity contribution >= 4 is 11.5 Å². The zero-order chi connectivity index (χ0) is 15.2. The molecule has 0 aromatic heterocycles. The Morgan fingerprint density at radius 2 is 2.18 bits per heavy atom. The number of benzene rings is 1. The average molecular weight is 303 g/mol. The van der Waals surface area contributed by atoms with Gasteiger partial charge in [-0.25, -0.2) is 0 Å². The molecule has 2 heterocycles. The Hall–Kier alpha value is -1.43. The molecular formula is C17H25N3O2. The minimum absolute atomic E-state index is 0.182. The fourth-order valence-corrected chi connectivity index (χ4v) is 3.03. The van der Waals surface area contributed by atoms with Gasteiger partial charge in [-0.15, -0.1) is 0 Å². The molecular weight excluding hydrogens is 278 g/mol. The highest BCUT2D eigenvalue weighted by Gasteiger charge is 2.13. The maximum atomic E-state index is 12.2. The summed E-state index contributed by atoms with van der Waals surface area (Å²) in [6.07, 6.45) is 2.09. The summed E-state index contributed by atoms with van der Waals surface area (Å²) >= 11 is 0. The van der Waals surface area contributed by atoms with Crippen molar-refractivity contribution in [2.75, 3.05) is 57.8 Å². The number of morpholine rings is 1. The van der Waals surface area contributed by atoms with E-state index in [4.69, 9.17) is 4.74 Å². The molecule has 0 bridgehead atoms. The lowest BCUT2D eigenvalue weighted by Crippen LogP contribution is -2.38. The standard InChI is InChI=1S/C17H25N3O2/c21-17(15-2-3-16-14(12-15)4-6-19-16)13-18-5-1-7-20-8-10-22-11-9-20/h2-3,12,18-19H,1,4-11,13H2. The summed E-state index contributed by atoms with van der Waals surface area (Å²) in [4.78, 5) is 14.6. The number of carbonyl (C=O) groups excluding carboxylic acids is 1. The number of fused-ring (bicyclic) bond motifs is 1. The van der Waals surface area contributed by atoms with Gasteiger partial charge in [-0.2, -0.15) is 0 Å². The highest BCUT2D eigenvalue weighted by molar-refractivity contribution is 5.98. The number of anilines is 1. The van der Waals surface area contributed by atoms with Crippen molar-refractivity contribution in [1.29, 1.82) is 0 Å². The van der Waals surface area contributed by atoms with Crippen LogP contribution in [-0.2, 0) is 11.2 Å². The van der Waals surface area contributed by atoms with Crippen molar-refractivity contribution < 1.29 is 9.53 Å². The minimum Gasteiger partial charge on any atom is -0.384 e. The molecule has 0 atom stereocenters. The Balaban J connectivity index is 1.35. The van der Waals surface area contributed by atoms with Gasteiger partial charge in [0.05, 0.1) is 19.8 Å². The first-order valence-electron chi connectivity index (χ1n) is 8.24. The van der Waals surface area contributed by atoms with Crippen LogP contribution in [0.3, 0.4) is 0 Å². The van der Waals surface area contributed by atoms with Crippen LogP contribution in [0, 0.1) is 0 Å². The summed E-state index contributed by atoms with van der Waals surface area (Å²) in [5, 5.41) is 6.58. The minimum atomic E-state index is 0.182.